The summed E-state index contributed by atoms with van der Waals surface area (Å²) in [5.41, 5.74) is 0.0824. The molecular weight excluding hydrogens is 188 g/mol. The maximum Gasteiger partial charge on any atom is 0.0779 e. The third kappa shape index (κ3) is 4.96. The van der Waals surface area contributed by atoms with Crippen LogP contribution in [0.25, 0.3) is 0 Å². The summed E-state index contributed by atoms with van der Waals surface area (Å²) >= 11 is 0. The summed E-state index contributed by atoms with van der Waals surface area (Å²) in [4.78, 5) is 0. The minimum Gasteiger partial charge on any atom is -0.374 e. The Morgan fingerprint density at radius 1 is 1.47 bits per heavy atom. The Bertz CT molecular complexity index is 167. The van der Waals surface area contributed by atoms with Gasteiger partial charge in [0.2, 0.25) is 0 Å². The van der Waals surface area contributed by atoms with Gasteiger partial charge >= 0.3 is 0 Å². The lowest BCUT2D eigenvalue weighted by molar-refractivity contribution is 0.0191. The molecule has 0 aromatic carbocycles. The molecule has 0 aromatic rings. The van der Waals surface area contributed by atoms with E-state index in [1.165, 1.54) is 19.3 Å². The lowest BCUT2D eigenvalue weighted by Gasteiger charge is -2.26. The van der Waals surface area contributed by atoms with Gasteiger partial charge in [-0.2, -0.15) is 0 Å². The average Bonchev–Trinajstić information content (AvgIpc) is 2.64. The highest BCUT2D eigenvalue weighted by molar-refractivity contribution is 4.83. The monoisotopic (exact) mass is 214 g/mol. The minimum atomic E-state index is 0.0824. The highest BCUT2D eigenvalue weighted by Gasteiger charge is 2.29. The predicted octanol–water partition coefficient (Wildman–Crippen LogP) is 1.53. The summed E-state index contributed by atoms with van der Waals surface area (Å²) in [6.07, 6.45) is 3.60. The van der Waals surface area contributed by atoms with E-state index in [2.05, 4.69) is 31.4 Å². The summed E-state index contributed by atoms with van der Waals surface area (Å²) in [5.74, 6) is 0. The number of ether oxygens (including phenoxy) is 1. The molecule has 1 aliphatic heterocycles. The van der Waals surface area contributed by atoms with Gasteiger partial charge in [-0.05, 0) is 39.7 Å². The number of rotatable bonds is 7. The van der Waals surface area contributed by atoms with Crippen LogP contribution in [0.2, 0.25) is 0 Å². The first-order valence-electron chi connectivity index (χ1n) is 6.24. The first-order chi connectivity index (χ1) is 7.16. The molecule has 0 radical (unpaired) electrons. The standard InChI is InChI=1S/C12H26N2O/c1-4-7-13-9-11(2)14-10-12(3)6-5-8-15-12/h11,13-14H,4-10H2,1-3H3. The molecule has 0 spiro atoms. The third-order valence-corrected chi connectivity index (χ3v) is 3.00. The molecule has 1 saturated heterocycles. The molecule has 2 unspecified atom stereocenters. The second-order valence-corrected chi connectivity index (χ2v) is 4.89. The second-order valence-electron chi connectivity index (χ2n) is 4.89. The van der Waals surface area contributed by atoms with Crippen molar-refractivity contribution in [3.8, 4) is 0 Å². The second kappa shape index (κ2) is 6.46. The zero-order valence-corrected chi connectivity index (χ0v) is 10.4. The van der Waals surface area contributed by atoms with Gasteiger partial charge in [-0.1, -0.05) is 6.92 Å². The van der Waals surface area contributed by atoms with Crippen LogP contribution >= 0.6 is 0 Å². The largest absolute Gasteiger partial charge is 0.374 e. The van der Waals surface area contributed by atoms with E-state index in [0.29, 0.717) is 6.04 Å². The van der Waals surface area contributed by atoms with Gasteiger partial charge in [0, 0.05) is 25.7 Å². The lowest BCUT2D eigenvalue weighted by Crippen LogP contribution is -2.44. The molecule has 2 N–H and O–H groups in total. The van der Waals surface area contributed by atoms with Crippen LogP contribution in [-0.4, -0.2) is 37.9 Å². The molecule has 0 aromatic heterocycles. The van der Waals surface area contributed by atoms with E-state index in [9.17, 15) is 0 Å². The van der Waals surface area contributed by atoms with Crippen molar-refractivity contribution in [1.29, 1.82) is 0 Å². The van der Waals surface area contributed by atoms with Crippen molar-refractivity contribution < 1.29 is 4.74 Å². The van der Waals surface area contributed by atoms with Crippen LogP contribution in [0.4, 0.5) is 0 Å². The van der Waals surface area contributed by atoms with Crippen molar-refractivity contribution in [3.05, 3.63) is 0 Å². The summed E-state index contributed by atoms with van der Waals surface area (Å²) in [6.45, 7) is 10.7. The molecule has 0 aliphatic carbocycles. The van der Waals surface area contributed by atoms with Gasteiger partial charge in [0.1, 0.15) is 0 Å². The van der Waals surface area contributed by atoms with E-state index in [1.807, 2.05) is 0 Å². The third-order valence-electron chi connectivity index (χ3n) is 3.00. The van der Waals surface area contributed by atoms with E-state index in [0.717, 1.165) is 26.2 Å². The number of nitrogens with one attached hydrogen (secondary N) is 2. The molecule has 1 aliphatic rings. The Hall–Kier alpha value is -0.120. The summed E-state index contributed by atoms with van der Waals surface area (Å²) < 4.78 is 5.73. The van der Waals surface area contributed by atoms with Crippen LogP contribution in [0.15, 0.2) is 0 Å². The molecule has 2 atom stereocenters. The summed E-state index contributed by atoms with van der Waals surface area (Å²) in [6, 6.07) is 0.526. The van der Waals surface area contributed by atoms with Crippen LogP contribution in [-0.2, 0) is 4.74 Å². The fraction of sp³-hybridized carbons (Fsp3) is 1.00. The van der Waals surface area contributed by atoms with Crippen LogP contribution < -0.4 is 10.6 Å². The smallest absolute Gasteiger partial charge is 0.0779 e. The van der Waals surface area contributed by atoms with Gasteiger partial charge < -0.3 is 15.4 Å². The normalized spacial score (nSPS) is 28.2. The predicted molar refractivity (Wildman–Crippen MR) is 64.2 cm³/mol. The fourth-order valence-corrected chi connectivity index (χ4v) is 1.93. The van der Waals surface area contributed by atoms with E-state index < -0.39 is 0 Å². The molecule has 1 fully saturated rings. The van der Waals surface area contributed by atoms with Gasteiger partial charge in [-0.15, -0.1) is 0 Å². The molecule has 0 amide bonds. The molecule has 3 nitrogen and oxygen atoms in total. The Morgan fingerprint density at radius 2 is 2.27 bits per heavy atom. The lowest BCUT2D eigenvalue weighted by atomic mass is 10.0. The molecule has 15 heavy (non-hydrogen) atoms. The molecule has 0 saturated carbocycles. The zero-order valence-electron chi connectivity index (χ0n) is 10.4. The molecule has 90 valence electrons. The van der Waals surface area contributed by atoms with Crippen LogP contribution in [0.5, 0.6) is 0 Å². The number of hydrogen-bond donors (Lipinski definition) is 2. The molecule has 3 heteroatoms. The van der Waals surface area contributed by atoms with Crippen LogP contribution in [0.1, 0.15) is 40.0 Å². The SMILES string of the molecule is CCCNCC(C)NCC1(C)CCCO1. The zero-order chi connectivity index (χ0) is 11.1. The summed E-state index contributed by atoms with van der Waals surface area (Å²) in [7, 11) is 0. The van der Waals surface area contributed by atoms with Crippen molar-refractivity contribution in [2.75, 3.05) is 26.2 Å². The van der Waals surface area contributed by atoms with Crippen molar-refractivity contribution in [1.82, 2.24) is 10.6 Å². The molecule has 1 rings (SSSR count). The minimum absolute atomic E-state index is 0.0824. The highest BCUT2D eigenvalue weighted by Crippen LogP contribution is 2.23. The topological polar surface area (TPSA) is 33.3 Å². The van der Waals surface area contributed by atoms with Gasteiger partial charge in [-0.3, -0.25) is 0 Å². The van der Waals surface area contributed by atoms with Gasteiger partial charge in [0.05, 0.1) is 5.60 Å². The maximum absolute atomic E-state index is 5.73. The first-order valence-corrected chi connectivity index (χ1v) is 6.24. The molecular formula is C12H26N2O. The quantitative estimate of drug-likeness (QED) is 0.631. The Kier molecular flexibility index (Phi) is 5.58. The van der Waals surface area contributed by atoms with E-state index in [-0.39, 0.29) is 5.60 Å². The van der Waals surface area contributed by atoms with Crippen LogP contribution in [0, 0.1) is 0 Å². The van der Waals surface area contributed by atoms with Crippen molar-refractivity contribution in [2.45, 2.75) is 51.7 Å². The Morgan fingerprint density at radius 3 is 2.87 bits per heavy atom. The Labute approximate surface area is 94.0 Å². The van der Waals surface area contributed by atoms with Gasteiger partial charge in [-0.25, -0.2) is 0 Å². The summed E-state index contributed by atoms with van der Waals surface area (Å²) in [5, 5.41) is 6.96. The van der Waals surface area contributed by atoms with Gasteiger partial charge in [0.15, 0.2) is 0 Å². The van der Waals surface area contributed by atoms with E-state index in [4.69, 9.17) is 4.74 Å². The highest BCUT2D eigenvalue weighted by atomic mass is 16.5. The number of hydrogen-bond acceptors (Lipinski definition) is 3. The maximum atomic E-state index is 5.73. The van der Waals surface area contributed by atoms with Gasteiger partial charge in [0.25, 0.3) is 0 Å². The fourth-order valence-electron chi connectivity index (χ4n) is 1.93. The van der Waals surface area contributed by atoms with Crippen molar-refractivity contribution in [2.24, 2.45) is 0 Å². The average molecular weight is 214 g/mol. The van der Waals surface area contributed by atoms with Crippen molar-refractivity contribution >= 4 is 0 Å². The molecule has 1 heterocycles. The first kappa shape index (κ1) is 12.9. The van der Waals surface area contributed by atoms with E-state index >= 15 is 0 Å². The molecule has 0 bridgehead atoms. The van der Waals surface area contributed by atoms with Crippen LogP contribution in [0.3, 0.4) is 0 Å². The van der Waals surface area contributed by atoms with Crippen molar-refractivity contribution in [3.63, 3.8) is 0 Å². The Balaban J connectivity index is 2.07. The van der Waals surface area contributed by atoms with E-state index in [1.54, 1.807) is 0 Å².